The lowest BCUT2D eigenvalue weighted by molar-refractivity contribution is -0.144. The predicted octanol–water partition coefficient (Wildman–Crippen LogP) is 5.75. The summed E-state index contributed by atoms with van der Waals surface area (Å²) in [6.45, 7) is 13.3. The fraction of sp³-hybridized carbons (Fsp3) is 0.431. The molecule has 3 aliphatic heterocycles. The maximum absolute atomic E-state index is 14.7. The van der Waals surface area contributed by atoms with E-state index in [1.54, 1.807) is 48.7 Å². The highest BCUT2D eigenvalue weighted by Gasteiger charge is 2.45. The van der Waals surface area contributed by atoms with Crippen molar-refractivity contribution in [2.75, 3.05) is 46.9 Å². The fourth-order valence-electron chi connectivity index (χ4n) is 10.6. The number of nitrogens with zero attached hydrogens (tertiary/aromatic N) is 10. The van der Waals surface area contributed by atoms with Crippen molar-refractivity contribution >= 4 is 64.1 Å². The van der Waals surface area contributed by atoms with E-state index in [1.165, 1.54) is 14.5 Å². The van der Waals surface area contributed by atoms with E-state index in [4.69, 9.17) is 21.3 Å². The van der Waals surface area contributed by atoms with E-state index >= 15 is 0 Å². The Kier molecular flexibility index (Phi) is 17.1. The number of benzene rings is 3. The first-order chi connectivity index (χ1) is 38.1. The van der Waals surface area contributed by atoms with Gasteiger partial charge in [0.1, 0.15) is 46.7 Å². The molecule has 420 valence electrons. The van der Waals surface area contributed by atoms with Crippen molar-refractivity contribution in [1.82, 2.24) is 60.4 Å². The molecule has 6 aromatic rings. The normalized spacial score (nSPS) is 21.7. The van der Waals surface area contributed by atoms with Crippen LogP contribution in [0.25, 0.3) is 16.1 Å². The summed E-state index contributed by atoms with van der Waals surface area (Å²) in [6, 6.07) is 19.8. The van der Waals surface area contributed by atoms with E-state index in [-0.39, 0.29) is 51.0 Å². The van der Waals surface area contributed by atoms with Crippen molar-refractivity contribution < 1.29 is 33.5 Å². The molecular weight excluding hydrogens is 1060 g/mol. The Morgan fingerprint density at radius 3 is 2.27 bits per heavy atom. The molecule has 0 saturated carbocycles. The molecule has 22 heteroatoms. The molecule has 3 N–H and O–H groups in total. The molecular formula is C58H68ClN13O7S. The summed E-state index contributed by atoms with van der Waals surface area (Å²) < 4.78 is 9.45. The van der Waals surface area contributed by atoms with Gasteiger partial charge in [0.05, 0.1) is 38.1 Å². The van der Waals surface area contributed by atoms with Crippen molar-refractivity contribution in [2.24, 2.45) is 16.3 Å². The summed E-state index contributed by atoms with van der Waals surface area (Å²) in [5.41, 5.74) is 5.88. The molecule has 0 radical (unpaired) electrons. The SMILES string of the molecule is Cc1sc2c(c1C)C(c1ccc(Cl)cc1)=N[C@@H](CC(=O)N(C)C[C@H]1NC(=O)CNC(=O)[C@@H](Cc3ccc(-c4ccccc4)cc3)NC(=O)[C@@H]3C[C@@H](C)CN3C(=O)[C@H](C(C)(C)C)n3cc(nn3)COCCN(C)C1=O)c1nnc(C)n1-2. The molecule has 6 amide bonds. The summed E-state index contributed by atoms with van der Waals surface area (Å²) >= 11 is 7.93. The average molecular weight is 1130 g/mol. The van der Waals surface area contributed by atoms with Gasteiger partial charge in [0, 0.05) is 61.2 Å². The van der Waals surface area contributed by atoms with E-state index in [9.17, 15) is 28.8 Å². The van der Waals surface area contributed by atoms with Gasteiger partial charge in [-0.3, -0.25) is 38.3 Å². The highest BCUT2D eigenvalue weighted by Crippen LogP contribution is 2.40. The zero-order chi connectivity index (χ0) is 57.2. The van der Waals surface area contributed by atoms with Crippen LogP contribution in [0.5, 0.6) is 0 Å². The number of hydrogen-bond acceptors (Lipinski definition) is 13. The lowest BCUT2D eigenvalue weighted by Crippen LogP contribution is -2.57. The van der Waals surface area contributed by atoms with Gasteiger partial charge in [0.25, 0.3) is 0 Å². The Hall–Kier alpha value is -7.62. The van der Waals surface area contributed by atoms with Gasteiger partial charge in [-0.15, -0.1) is 26.6 Å². The van der Waals surface area contributed by atoms with Crippen molar-refractivity contribution in [2.45, 2.75) is 105 Å². The molecule has 3 aromatic carbocycles. The molecule has 2 bridgehead atoms. The number of aromatic nitrogens is 6. The number of aliphatic imine (C=N–C) groups is 1. The maximum atomic E-state index is 14.7. The predicted molar refractivity (Wildman–Crippen MR) is 303 cm³/mol. The number of halogens is 1. The van der Waals surface area contributed by atoms with Crippen LogP contribution in [0.2, 0.25) is 5.02 Å². The van der Waals surface area contributed by atoms with Gasteiger partial charge in [0.2, 0.25) is 35.4 Å². The Labute approximate surface area is 474 Å². The standard InChI is InChI=1S/C58H68ClN13O7S/c1-33-25-46-54(76)63-44(26-37-15-17-39(18-16-37)38-13-11-10-12-14-38)53(75)60-28-47(73)61-45(55(77)68(8)23-24-79-32-42-30-71(67-65-42)51(58(5,6)7)56(78)70(46)29-33)31-69(9)48(74)27-43-52-66-64-36(4)72(52)57-49(34(2)35(3)80-57)50(62-43)40-19-21-41(59)22-20-40/h10-22,30,33,43-46,51H,23-29,31-32H2,1-9H3,(H,60,75)(H,61,73)(H,63,76)/t33-,43+,44-,45-,46+,51-/m1/s1. The number of thiophene rings is 1. The van der Waals surface area contributed by atoms with Gasteiger partial charge in [-0.25, -0.2) is 4.68 Å². The summed E-state index contributed by atoms with van der Waals surface area (Å²) in [5, 5.41) is 27.6. The maximum Gasteiger partial charge on any atom is 0.248 e. The molecule has 6 heterocycles. The number of fused-ring (bicyclic) bond motifs is 6. The second-order valence-corrected chi connectivity index (χ2v) is 23.8. The Morgan fingerprint density at radius 2 is 1.56 bits per heavy atom. The number of carbonyl (C=O) groups excluding carboxylic acids is 6. The molecule has 3 aromatic heterocycles. The number of hydrogen-bond donors (Lipinski definition) is 3. The molecule has 0 spiro atoms. The molecule has 0 aliphatic carbocycles. The molecule has 9 rings (SSSR count). The summed E-state index contributed by atoms with van der Waals surface area (Å²) in [5.74, 6) is -2.09. The number of amides is 6. The van der Waals surface area contributed by atoms with E-state index in [1.807, 2.05) is 120 Å². The van der Waals surface area contributed by atoms with Crippen molar-refractivity contribution in [1.29, 1.82) is 0 Å². The van der Waals surface area contributed by atoms with Crippen LogP contribution in [0.15, 0.2) is 90.1 Å². The van der Waals surface area contributed by atoms with Gasteiger partial charge >= 0.3 is 0 Å². The molecule has 6 atom stereocenters. The molecule has 3 aliphatic rings. The van der Waals surface area contributed by atoms with Gasteiger partial charge in [0.15, 0.2) is 5.82 Å². The fourth-order valence-corrected chi connectivity index (χ4v) is 11.9. The molecule has 0 unspecified atom stereocenters. The summed E-state index contributed by atoms with van der Waals surface area (Å²) in [4.78, 5) is 97.6. The first kappa shape index (κ1) is 57.1. The van der Waals surface area contributed by atoms with E-state index < -0.39 is 71.7 Å². The first-order valence-electron chi connectivity index (χ1n) is 26.8. The van der Waals surface area contributed by atoms with Crippen molar-refractivity contribution in [3.8, 4) is 16.1 Å². The zero-order valence-corrected chi connectivity index (χ0v) is 48.1. The summed E-state index contributed by atoms with van der Waals surface area (Å²) in [7, 11) is 3.11. The Bertz CT molecular complexity index is 3310. The number of likely N-dealkylation sites (N-methyl/N-ethyl adjacent to an activating group) is 2. The van der Waals surface area contributed by atoms with E-state index in [0.29, 0.717) is 41.0 Å². The smallest absolute Gasteiger partial charge is 0.248 e. The lowest BCUT2D eigenvalue weighted by atomic mass is 9.85. The van der Waals surface area contributed by atoms with Crippen LogP contribution in [-0.4, -0.2) is 151 Å². The third-order valence-electron chi connectivity index (χ3n) is 15.0. The molecule has 1 saturated heterocycles. The minimum atomic E-state index is -1.29. The topological polar surface area (TPSA) is 231 Å². The van der Waals surface area contributed by atoms with Gasteiger partial charge in [-0.2, -0.15) is 0 Å². The quantitative estimate of drug-likeness (QED) is 0.166. The summed E-state index contributed by atoms with van der Waals surface area (Å²) in [6.07, 6.45) is 1.88. The number of carbonyl (C=O) groups is 6. The first-order valence-corrected chi connectivity index (χ1v) is 28.0. The van der Waals surface area contributed by atoms with Crippen LogP contribution in [0.3, 0.4) is 0 Å². The lowest BCUT2D eigenvalue weighted by Gasteiger charge is -2.35. The molecule has 80 heavy (non-hydrogen) atoms. The largest absolute Gasteiger partial charge is 0.373 e. The Morgan fingerprint density at radius 1 is 0.863 bits per heavy atom. The third-order valence-corrected chi connectivity index (χ3v) is 16.4. The van der Waals surface area contributed by atoms with Crippen LogP contribution in [0.4, 0.5) is 0 Å². The van der Waals surface area contributed by atoms with E-state index in [2.05, 4.69) is 36.5 Å². The monoisotopic (exact) mass is 1130 g/mol. The van der Waals surface area contributed by atoms with Gasteiger partial charge in [-0.05, 0) is 72.9 Å². The van der Waals surface area contributed by atoms with Crippen LogP contribution in [0, 0.1) is 32.1 Å². The third kappa shape index (κ3) is 12.5. The molecule has 1 fully saturated rings. The number of ether oxygens (including phenoxy) is 1. The van der Waals surface area contributed by atoms with Crippen molar-refractivity contribution in [3.05, 3.63) is 135 Å². The van der Waals surface area contributed by atoms with Gasteiger partial charge < -0.3 is 35.4 Å². The molecule has 20 nitrogen and oxygen atoms in total. The highest BCUT2D eigenvalue weighted by atomic mass is 35.5. The zero-order valence-electron chi connectivity index (χ0n) is 46.5. The second-order valence-electron chi connectivity index (χ2n) is 22.2. The van der Waals surface area contributed by atoms with Crippen LogP contribution in [-0.2, 0) is 46.5 Å². The minimum absolute atomic E-state index is 0.00958. The van der Waals surface area contributed by atoms with Crippen LogP contribution >= 0.6 is 22.9 Å². The average Bonchev–Trinajstić information content (AvgIpc) is 4.30. The second kappa shape index (κ2) is 24.0. The van der Waals surface area contributed by atoms with Crippen LogP contribution < -0.4 is 16.0 Å². The number of rotatable bonds is 8. The van der Waals surface area contributed by atoms with Gasteiger partial charge in [-0.1, -0.05) is 111 Å². The van der Waals surface area contributed by atoms with Crippen LogP contribution in [0.1, 0.15) is 97.1 Å². The Balaban J connectivity index is 0.990. The number of nitrogens with one attached hydrogen (secondary N) is 3. The highest BCUT2D eigenvalue weighted by molar-refractivity contribution is 7.15. The van der Waals surface area contributed by atoms with Crippen molar-refractivity contribution in [3.63, 3.8) is 0 Å². The number of aryl methyl sites for hydroxylation is 2. The van der Waals surface area contributed by atoms with E-state index in [0.717, 1.165) is 43.3 Å². The minimum Gasteiger partial charge on any atom is -0.373 e.